The molecule has 5 heteroatoms. The second-order valence-electron chi connectivity index (χ2n) is 4.42. The molecule has 0 saturated heterocycles. The number of benzene rings is 1. The predicted octanol–water partition coefficient (Wildman–Crippen LogP) is 3.11. The second kappa shape index (κ2) is 4.10. The Morgan fingerprint density at radius 3 is 2.83 bits per heavy atom. The van der Waals surface area contributed by atoms with Crippen LogP contribution < -0.4 is 0 Å². The van der Waals surface area contributed by atoms with E-state index in [2.05, 4.69) is 11.1 Å². The summed E-state index contributed by atoms with van der Waals surface area (Å²) in [6.45, 7) is 2.93. The van der Waals surface area contributed by atoms with Gasteiger partial charge in [-0.25, -0.2) is 9.78 Å². The third-order valence-electron chi connectivity index (χ3n) is 3.07. The largest absolute Gasteiger partial charge is 0.465 e. The molecule has 0 atom stereocenters. The summed E-state index contributed by atoms with van der Waals surface area (Å²) in [5.41, 5.74) is 4.26. The van der Waals surface area contributed by atoms with E-state index in [9.17, 15) is 4.79 Å². The van der Waals surface area contributed by atoms with E-state index in [1.165, 1.54) is 4.90 Å². The maximum absolute atomic E-state index is 10.9. The Morgan fingerprint density at radius 1 is 1.39 bits per heavy atom. The van der Waals surface area contributed by atoms with Gasteiger partial charge < -0.3 is 5.11 Å². The van der Waals surface area contributed by atoms with Crippen molar-refractivity contribution in [2.75, 3.05) is 0 Å². The van der Waals surface area contributed by atoms with Crippen molar-refractivity contribution in [3.63, 3.8) is 0 Å². The number of nitrogens with zero attached hydrogens (tertiary/aromatic N) is 2. The van der Waals surface area contributed by atoms with Gasteiger partial charge in [0.25, 0.3) is 0 Å². The first-order chi connectivity index (χ1) is 8.63. The second-order valence-corrected chi connectivity index (χ2v) is 5.27. The first kappa shape index (κ1) is 11.2. The van der Waals surface area contributed by atoms with Crippen LogP contribution in [0.15, 0.2) is 23.6 Å². The van der Waals surface area contributed by atoms with Gasteiger partial charge in [0, 0.05) is 29.7 Å². The van der Waals surface area contributed by atoms with Crippen LogP contribution in [-0.2, 0) is 13.1 Å². The zero-order valence-electron chi connectivity index (χ0n) is 9.88. The van der Waals surface area contributed by atoms with Crippen molar-refractivity contribution in [3.05, 3.63) is 40.4 Å². The number of carboxylic acid groups (broad SMARTS) is 1. The van der Waals surface area contributed by atoms with E-state index in [-0.39, 0.29) is 0 Å². The summed E-state index contributed by atoms with van der Waals surface area (Å²) in [6.07, 6.45) is -0.863. The van der Waals surface area contributed by atoms with Gasteiger partial charge in [-0.05, 0) is 24.1 Å². The fourth-order valence-electron chi connectivity index (χ4n) is 2.15. The molecular formula is C13H12N2O2S. The van der Waals surface area contributed by atoms with Gasteiger partial charge in [0.05, 0.1) is 0 Å². The topological polar surface area (TPSA) is 53.4 Å². The van der Waals surface area contributed by atoms with Crippen LogP contribution in [0.5, 0.6) is 0 Å². The van der Waals surface area contributed by atoms with Gasteiger partial charge in [-0.3, -0.25) is 4.90 Å². The summed E-state index contributed by atoms with van der Waals surface area (Å²) < 4.78 is 0. The molecule has 1 aliphatic heterocycles. The van der Waals surface area contributed by atoms with E-state index in [0.717, 1.165) is 27.4 Å². The molecule has 1 aliphatic rings. The van der Waals surface area contributed by atoms with Crippen LogP contribution in [-0.4, -0.2) is 21.1 Å². The highest BCUT2D eigenvalue weighted by atomic mass is 32.1. The Hall–Kier alpha value is -1.88. The molecule has 0 spiro atoms. The molecule has 18 heavy (non-hydrogen) atoms. The molecule has 4 nitrogen and oxygen atoms in total. The summed E-state index contributed by atoms with van der Waals surface area (Å²) >= 11 is 1.61. The van der Waals surface area contributed by atoms with E-state index < -0.39 is 6.09 Å². The van der Waals surface area contributed by atoms with Crippen molar-refractivity contribution in [1.82, 2.24) is 9.88 Å². The van der Waals surface area contributed by atoms with Crippen molar-refractivity contribution in [1.29, 1.82) is 0 Å². The highest BCUT2D eigenvalue weighted by Crippen LogP contribution is 2.30. The van der Waals surface area contributed by atoms with Crippen molar-refractivity contribution < 1.29 is 9.90 Å². The average molecular weight is 260 g/mol. The van der Waals surface area contributed by atoms with Crippen LogP contribution in [0.25, 0.3) is 10.6 Å². The zero-order valence-corrected chi connectivity index (χ0v) is 10.7. The van der Waals surface area contributed by atoms with Crippen LogP contribution in [0.3, 0.4) is 0 Å². The Morgan fingerprint density at radius 2 is 2.17 bits per heavy atom. The number of thiazole rings is 1. The van der Waals surface area contributed by atoms with E-state index in [1.54, 1.807) is 11.3 Å². The van der Waals surface area contributed by atoms with Crippen LogP contribution in [0.2, 0.25) is 0 Å². The monoisotopic (exact) mass is 260 g/mol. The molecular weight excluding hydrogens is 248 g/mol. The van der Waals surface area contributed by atoms with Crippen molar-refractivity contribution >= 4 is 17.4 Å². The van der Waals surface area contributed by atoms with E-state index >= 15 is 0 Å². The molecule has 0 unspecified atom stereocenters. The molecule has 1 amide bonds. The number of rotatable bonds is 1. The minimum absolute atomic E-state index is 0.475. The minimum atomic E-state index is -0.863. The standard InChI is InChI=1S/C13H12N2O2S/c1-8-7-18-12(14-8)9-2-3-10-5-15(13(16)17)6-11(10)4-9/h2-4,7H,5-6H2,1H3,(H,16,17). The van der Waals surface area contributed by atoms with E-state index in [1.807, 2.05) is 24.4 Å². The molecule has 92 valence electrons. The Labute approximate surface area is 109 Å². The van der Waals surface area contributed by atoms with E-state index in [0.29, 0.717) is 13.1 Å². The number of hydrogen-bond acceptors (Lipinski definition) is 3. The first-order valence-electron chi connectivity index (χ1n) is 5.65. The Kier molecular flexibility index (Phi) is 2.56. The minimum Gasteiger partial charge on any atom is -0.465 e. The number of aryl methyl sites for hydroxylation is 1. The van der Waals surface area contributed by atoms with Gasteiger partial charge in [-0.1, -0.05) is 12.1 Å². The summed E-state index contributed by atoms with van der Waals surface area (Å²) in [5, 5.41) is 12.0. The molecule has 0 saturated carbocycles. The zero-order chi connectivity index (χ0) is 12.7. The summed E-state index contributed by atoms with van der Waals surface area (Å²) in [6, 6.07) is 6.07. The molecule has 2 heterocycles. The van der Waals surface area contributed by atoms with Crippen molar-refractivity contribution in [2.24, 2.45) is 0 Å². The molecule has 0 radical (unpaired) electrons. The molecule has 1 aromatic heterocycles. The Balaban J connectivity index is 1.94. The molecule has 1 aromatic carbocycles. The molecule has 0 aliphatic carbocycles. The van der Waals surface area contributed by atoms with Crippen LogP contribution in [0.1, 0.15) is 16.8 Å². The SMILES string of the molecule is Cc1csc(-c2ccc3c(c2)CN(C(=O)O)C3)n1. The lowest BCUT2D eigenvalue weighted by atomic mass is 10.1. The first-order valence-corrected chi connectivity index (χ1v) is 6.53. The third-order valence-corrected chi connectivity index (χ3v) is 4.07. The quantitative estimate of drug-likeness (QED) is 0.857. The number of fused-ring (bicyclic) bond motifs is 1. The summed E-state index contributed by atoms with van der Waals surface area (Å²) in [4.78, 5) is 16.8. The number of carbonyl (C=O) groups is 1. The number of hydrogen-bond donors (Lipinski definition) is 1. The third kappa shape index (κ3) is 1.86. The normalized spacial score (nSPS) is 13.7. The summed E-state index contributed by atoms with van der Waals surface area (Å²) in [7, 11) is 0. The van der Waals surface area contributed by atoms with Crippen LogP contribution >= 0.6 is 11.3 Å². The fourth-order valence-corrected chi connectivity index (χ4v) is 2.94. The van der Waals surface area contributed by atoms with Gasteiger partial charge in [0.2, 0.25) is 0 Å². The van der Waals surface area contributed by atoms with Gasteiger partial charge in [-0.2, -0.15) is 0 Å². The van der Waals surface area contributed by atoms with Crippen molar-refractivity contribution in [2.45, 2.75) is 20.0 Å². The van der Waals surface area contributed by atoms with Crippen LogP contribution in [0.4, 0.5) is 4.79 Å². The molecule has 1 N–H and O–H groups in total. The Bertz CT molecular complexity index is 621. The fraction of sp³-hybridized carbons (Fsp3) is 0.231. The lowest BCUT2D eigenvalue weighted by Crippen LogP contribution is -2.22. The van der Waals surface area contributed by atoms with Gasteiger partial charge in [0.1, 0.15) is 5.01 Å². The highest BCUT2D eigenvalue weighted by molar-refractivity contribution is 7.13. The van der Waals surface area contributed by atoms with Gasteiger partial charge in [-0.15, -0.1) is 11.3 Å². The lowest BCUT2D eigenvalue weighted by Gasteiger charge is -2.08. The molecule has 0 fully saturated rings. The molecule has 2 aromatic rings. The molecule has 3 rings (SSSR count). The predicted molar refractivity (Wildman–Crippen MR) is 69.6 cm³/mol. The molecule has 0 bridgehead atoms. The maximum Gasteiger partial charge on any atom is 0.407 e. The smallest absolute Gasteiger partial charge is 0.407 e. The van der Waals surface area contributed by atoms with Gasteiger partial charge >= 0.3 is 6.09 Å². The van der Waals surface area contributed by atoms with Crippen LogP contribution in [0, 0.1) is 6.92 Å². The average Bonchev–Trinajstić information content (AvgIpc) is 2.93. The summed E-state index contributed by atoms with van der Waals surface area (Å²) in [5.74, 6) is 0. The number of amides is 1. The van der Waals surface area contributed by atoms with E-state index in [4.69, 9.17) is 5.11 Å². The van der Waals surface area contributed by atoms with Crippen molar-refractivity contribution in [3.8, 4) is 10.6 Å². The highest BCUT2D eigenvalue weighted by Gasteiger charge is 2.23. The lowest BCUT2D eigenvalue weighted by molar-refractivity contribution is 0.145. The number of aromatic nitrogens is 1. The van der Waals surface area contributed by atoms with Gasteiger partial charge in [0.15, 0.2) is 0 Å². The maximum atomic E-state index is 10.9.